The minimum absolute atomic E-state index is 1.10. The molecule has 1 nitrogen and oxygen atoms in total. The van der Waals surface area contributed by atoms with Crippen LogP contribution in [0.2, 0.25) is 0 Å². The van der Waals surface area contributed by atoms with Crippen LogP contribution in [0.3, 0.4) is 0 Å². The van der Waals surface area contributed by atoms with Crippen LogP contribution in [0.5, 0.6) is 0 Å². The molecule has 0 atom stereocenters. The van der Waals surface area contributed by atoms with Gasteiger partial charge in [-0.3, -0.25) is 0 Å². The van der Waals surface area contributed by atoms with Crippen LogP contribution >= 0.6 is 31.9 Å². The highest BCUT2D eigenvalue weighted by Crippen LogP contribution is 2.29. The predicted octanol–water partition coefficient (Wildman–Crippen LogP) is 5.27. The molecule has 2 aromatic carbocycles. The first kappa shape index (κ1) is 14.4. The summed E-state index contributed by atoms with van der Waals surface area (Å²) < 4.78 is 2.20. The van der Waals surface area contributed by atoms with E-state index in [-0.39, 0.29) is 0 Å². The van der Waals surface area contributed by atoms with Gasteiger partial charge in [0.05, 0.1) is 0 Å². The number of rotatable bonds is 3. The predicted molar refractivity (Wildman–Crippen MR) is 89.8 cm³/mol. The van der Waals surface area contributed by atoms with Crippen molar-refractivity contribution in [1.82, 2.24) is 4.90 Å². The van der Waals surface area contributed by atoms with Crippen molar-refractivity contribution in [2.45, 2.75) is 0 Å². The largest absolute Gasteiger partial charge is 0.377 e. The van der Waals surface area contributed by atoms with E-state index < -0.39 is 0 Å². The number of halogens is 2. The summed E-state index contributed by atoms with van der Waals surface area (Å²) in [4.78, 5) is 2.12. The molecule has 98 valence electrons. The minimum Gasteiger partial charge on any atom is -0.377 e. The topological polar surface area (TPSA) is 3.24 Å². The normalized spacial score (nSPS) is 11.5. The number of hydrogen-bond donors (Lipinski definition) is 0. The van der Waals surface area contributed by atoms with Crippen molar-refractivity contribution in [3.63, 3.8) is 0 Å². The highest BCUT2D eigenvalue weighted by atomic mass is 79.9. The zero-order chi connectivity index (χ0) is 13.8. The third kappa shape index (κ3) is 3.48. The van der Waals surface area contributed by atoms with E-state index in [2.05, 4.69) is 87.3 Å². The van der Waals surface area contributed by atoms with Gasteiger partial charge in [0, 0.05) is 34.3 Å². The van der Waals surface area contributed by atoms with Gasteiger partial charge in [-0.05, 0) is 23.8 Å². The van der Waals surface area contributed by atoms with Gasteiger partial charge >= 0.3 is 0 Å². The van der Waals surface area contributed by atoms with Crippen LogP contribution in [-0.2, 0) is 0 Å². The van der Waals surface area contributed by atoms with Crippen molar-refractivity contribution in [3.8, 4) is 0 Å². The summed E-state index contributed by atoms with van der Waals surface area (Å²) in [6.07, 6.45) is 2.18. The summed E-state index contributed by atoms with van der Waals surface area (Å²) in [5, 5.41) is 0. The zero-order valence-electron chi connectivity index (χ0n) is 10.9. The third-order valence-electron chi connectivity index (χ3n) is 2.83. The van der Waals surface area contributed by atoms with Crippen molar-refractivity contribution < 1.29 is 0 Å². The first-order chi connectivity index (χ1) is 9.09. The van der Waals surface area contributed by atoms with E-state index in [0.717, 1.165) is 8.95 Å². The van der Waals surface area contributed by atoms with Gasteiger partial charge in [0.1, 0.15) is 0 Å². The van der Waals surface area contributed by atoms with E-state index in [1.165, 1.54) is 16.8 Å². The Bertz CT molecular complexity index is 603. The standard InChI is InChI=1S/C16H15Br2N/c1-19(2)16(13-8-4-6-10-15(13)18)11-12-7-3-5-9-14(12)17/h3-11H,1-2H3/b16-11+. The SMILES string of the molecule is CN(C)/C(=C/c1ccccc1Br)c1ccccc1Br. The molecule has 0 bridgehead atoms. The lowest BCUT2D eigenvalue weighted by Gasteiger charge is -2.19. The van der Waals surface area contributed by atoms with Crippen molar-refractivity contribution in [2.24, 2.45) is 0 Å². The highest BCUT2D eigenvalue weighted by molar-refractivity contribution is 9.10. The molecular weight excluding hydrogens is 366 g/mol. The van der Waals surface area contributed by atoms with E-state index in [1.807, 2.05) is 18.2 Å². The Labute approximate surface area is 131 Å². The van der Waals surface area contributed by atoms with Gasteiger partial charge in [-0.15, -0.1) is 0 Å². The van der Waals surface area contributed by atoms with Crippen molar-refractivity contribution in [1.29, 1.82) is 0 Å². The Hall–Kier alpha value is -1.06. The highest BCUT2D eigenvalue weighted by Gasteiger charge is 2.08. The lowest BCUT2D eigenvalue weighted by atomic mass is 10.1. The number of nitrogens with zero attached hydrogens (tertiary/aromatic N) is 1. The first-order valence-electron chi connectivity index (χ1n) is 5.98. The fourth-order valence-corrected chi connectivity index (χ4v) is 2.74. The van der Waals surface area contributed by atoms with E-state index in [9.17, 15) is 0 Å². The average Bonchev–Trinajstić information content (AvgIpc) is 2.38. The Morgan fingerprint density at radius 2 is 1.47 bits per heavy atom. The smallest absolute Gasteiger partial charge is 0.0452 e. The van der Waals surface area contributed by atoms with Gasteiger partial charge in [-0.1, -0.05) is 68.3 Å². The molecule has 3 heteroatoms. The molecule has 19 heavy (non-hydrogen) atoms. The summed E-state index contributed by atoms with van der Waals surface area (Å²) >= 11 is 7.21. The van der Waals surface area contributed by atoms with Gasteiger partial charge in [-0.2, -0.15) is 0 Å². The van der Waals surface area contributed by atoms with E-state index in [1.54, 1.807) is 0 Å². The molecular formula is C16H15Br2N. The average molecular weight is 381 g/mol. The lowest BCUT2D eigenvalue weighted by molar-refractivity contribution is 0.594. The summed E-state index contributed by atoms with van der Waals surface area (Å²) in [5.74, 6) is 0. The van der Waals surface area contributed by atoms with E-state index in [0.29, 0.717) is 0 Å². The van der Waals surface area contributed by atoms with Crippen molar-refractivity contribution >= 4 is 43.6 Å². The first-order valence-corrected chi connectivity index (χ1v) is 7.56. The molecule has 0 fully saturated rings. The van der Waals surface area contributed by atoms with Gasteiger partial charge in [-0.25, -0.2) is 0 Å². The van der Waals surface area contributed by atoms with Crippen molar-refractivity contribution in [3.05, 3.63) is 68.6 Å². The van der Waals surface area contributed by atoms with Crippen LogP contribution in [0, 0.1) is 0 Å². The quantitative estimate of drug-likeness (QED) is 0.655. The molecule has 0 aliphatic rings. The molecule has 2 rings (SSSR count). The van der Waals surface area contributed by atoms with Crippen LogP contribution in [0.25, 0.3) is 11.8 Å². The molecule has 0 unspecified atom stereocenters. The maximum atomic E-state index is 3.62. The molecule has 0 saturated heterocycles. The Kier molecular flexibility index (Phi) is 4.83. The van der Waals surface area contributed by atoms with Crippen LogP contribution < -0.4 is 0 Å². The second-order valence-corrected chi connectivity index (χ2v) is 6.13. The molecule has 0 amide bonds. The van der Waals surface area contributed by atoms with Gasteiger partial charge in [0.15, 0.2) is 0 Å². The Morgan fingerprint density at radius 3 is 2.05 bits per heavy atom. The zero-order valence-corrected chi connectivity index (χ0v) is 14.1. The third-order valence-corrected chi connectivity index (χ3v) is 4.24. The van der Waals surface area contributed by atoms with Crippen LogP contribution in [0.4, 0.5) is 0 Å². The molecule has 2 aromatic rings. The van der Waals surface area contributed by atoms with Crippen LogP contribution in [0.1, 0.15) is 11.1 Å². The van der Waals surface area contributed by atoms with Crippen LogP contribution in [-0.4, -0.2) is 19.0 Å². The fourth-order valence-electron chi connectivity index (χ4n) is 1.86. The number of hydrogen-bond acceptors (Lipinski definition) is 1. The van der Waals surface area contributed by atoms with Crippen LogP contribution in [0.15, 0.2) is 57.5 Å². The maximum absolute atomic E-state index is 3.62. The molecule has 0 aliphatic carbocycles. The molecule has 0 saturated carbocycles. The van der Waals surface area contributed by atoms with Gasteiger partial charge in [0.25, 0.3) is 0 Å². The molecule has 0 N–H and O–H groups in total. The maximum Gasteiger partial charge on any atom is 0.0452 e. The minimum atomic E-state index is 1.10. The van der Waals surface area contributed by atoms with Gasteiger partial charge in [0.2, 0.25) is 0 Å². The molecule has 0 spiro atoms. The second kappa shape index (κ2) is 6.40. The molecule has 0 aliphatic heterocycles. The monoisotopic (exact) mass is 379 g/mol. The molecule has 0 heterocycles. The molecule has 0 aromatic heterocycles. The second-order valence-electron chi connectivity index (χ2n) is 4.43. The fraction of sp³-hybridized carbons (Fsp3) is 0.125. The van der Waals surface area contributed by atoms with E-state index >= 15 is 0 Å². The summed E-state index contributed by atoms with van der Waals surface area (Å²) in [7, 11) is 4.12. The number of benzene rings is 2. The Balaban J connectivity index is 2.54. The summed E-state index contributed by atoms with van der Waals surface area (Å²) in [6.45, 7) is 0. The lowest BCUT2D eigenvalue weighted by Crippen LogP contribution is -2.10. The molecule has 0 radical (unpaired) electrons. The van der Waals surface area contributed by atoms with E-state index in [4.69, 9.17) is 0 Å². The summed E-state index contributed by atoms with van der Waals surface area (Å²) in [5.41, 5.74) is 3.52. The summed E-state index contributed by atoms with van der Waals surface area (Å²) in [6, 6.07) is 16.5. The van der Waals surface area contributed by atoms with Gasteiger partial charge < -0.3 is 4.90 Å². The van der Waals surface area contributed by atoms with Crippen molar-refractivity contribution in [2.75, 3.05) is 14.1 Å². The Morgan fingerprint density at radius 1 is 0.895 bits per heavy atom.